The molecule has 0 bridgehead atoms. The van der Waals surface area contributed by atoms with Crippen molar-refractivity contribution >= 4 is 5.91 Å². The summed E-state index contributed by atoms with van der Waals surface area (Å²) in [6, 6.07) is 10.9. The number of rotatable bonds is 3. The summed E-state index contributed by atoms with van der Waals surface area (Å²) in [5.41, 5.74) is 1.67. The molecule has 4 rings (SSSR count). The maximum atomic E-state index is 12.5. The van der Waals surface area contributed by atoms with Gasteiger partial charge in [-0.1, -0.05) is 30.3 Å². The molecule has 2 aromatic rings. The molecular weight excluding hydrogens is 328 g/mol. The molecule has 1 aromatic heterocycles. The second-order valence-electron chi connectivity index (χ2n) is 6.88. The molecule has 1 unspecified atom stereocenters. The lowest BCUT2D eigenvalue weighted by atomic mass is 10.00. The minimum absolute atomic E-state index is 0.0133. The van der Waals surface area contributed by atoms with Crippen LogP contribution in [0.5, 0.6) is 0 Å². The van der Waals surface area contributed by atoms with E-state index >= 15 is 0 Å². The van der Waals surface area contributed by atoms with Crippen LogP contribution in [0.2, 0.25) is 0 Å². The van der Waals surface area contributed by atoms with Crippen LogP contribution in [0.4, 0.5) is 0 Å². The number of benzene rings is 1. The highest BCUT2D eigenvalue weighted by Gasteiger charge is 2.31. The molecule has 6 nitrogen and oxygen atoms in total. The highest BCUT2D eigenvalue weighted by molar-refractivity contribution is 5.92. The van der Waals surface area contributed by atoms with E-state index in [1.807, 2.05) is 11.0 Å². The molecule has 2 fully saturated rings. The summed E-state index contributed by atoms with van der Waals surface area (Å²) in [6.45, 7) is 4.19. The zero-order valence-electron chi connectivity index (χ0n) is 14.8. The van der Waals surface area contributed by atoms with E-state index in [1.165, 1.54) is 5.56 Å². The molecule has 0 radical (unpaired) electrons. The van der Waals surface area contributed by atoms with Crippen LogP contribution in [0.1, 0.15) is 35.0 Å². The van der Waals surface area contributed by atoms with Crippen molar-refractivity contribution in [2.45, 2.75) is 25.0 Å². The Balaban J connectivity index is 1.34. The average molecular weight is 352 g/mol. The Morgan fingerprint density at radius 2 is 1.88 bits per heavy atom. The number of likely N-dealkylation sites (tertiary alicyclic amines) is 1. The van der Waals surface area contributed by atoms with Gasteiger partial charge < -0.3 is 9.64 Å². The number of ether oxygens (including phenoxy) is 1. The van der Waals surface area contributed by atoms with Gasteiger partial charge in [0.15, 0.2) is 0 Å². The highest BCUT2D eigenvalue weighted by atomic mass is 16.5. The summed E-state index contributed by atoms with van der Waals surface area (Å²) in [6.07, 6.45) is 6.83. The molecule has 1 amide bonds. The maximum Gasteiger partial charge on any atom is 0.274 e. The molecule has 6 heteroatoms. The monoisotopic (exact) mass is 352 g/mol. The van der Waals surface area contributed by atoms with Gasteiger partial charge in [0.2, 0.25) is 0 Å². The molecule has 2 aliphatic heterocycles. The summed E-state index contributed by atoms with van der Waals surface area (Å²) >= 11 is 0. The first-order valence-corrected chi connectivity index (χ1v) is 9.27. The predicted molar refractivity (Wildman–Crippen MR) is 97.7 cm³/mol. The van der Waals surface area contributed by atoms with Gasteiger partial charge in [0.1, 0.15) is 5.69 Å². The van der Waals surface area contributed by atoms with Crippen molar-refractivity contribution in [2.24, 2.45) is 0 Å². The van der Waals surface area contributed by atoms with Crippen molar-refractivity contribution in [3.05, 3.63) is 60.2 Å². The molecule has 136 valence electrons. The smallest absolute Gasteiger partial charge is 0.274 e. The third-order valence-corrected chi connectivity index (χ3v) is 5.32. The van der Waals surface area contributed by atoms with Gasteiger partial charge in [-0.25, -0.2) is 4.98 Å². The topological polar surface area (TPSA) is 58.6 Å². The molecular formula is C20H24N4O2. The first kappa shape index (κ1) is 17.1. The van der Waals surface area contributed by atoms with Crippen LogP contribution in [0.15, 0.2) is 48.9 Å². The van der Waals surface area contributed by atoms with Gasteiger partial charge in [-0.2, -0.15) is 0 Å². The Morgan fingerprint density at radius 1 is 1.08 bits per heavy atom. The SMILES string of the molecule is O=C(c1cnccn1)N1CCC(N2CCOC(c3ccccc3)C2)CC1. The van der Waals surface area contributed by atoms with Crippen LogP contribution in [-0.4, -0.2) is 64.5 Å². The molecule has 0 aliphatic carbocycles. The van der Waals surface area contributed by atoms with Gasteiger partial charge in [-0.15, -0.1) is 0 Å². The van der Waals surface area contributed by atoms with Gasteiger partial charge >= 0.3 is 0 Å². The second kappa shape index (κ2) is 7.93. The van der Waals surface area contributed by atoms with E-state index in [2.05, 4.69) is 39.1 Å². The molecule has 2 saturated heterocycles. The van der Waals surface area contributed by atoms with Crippen LogP contribution >= 0.6 is 0 Å². The molecule has 3 heterocycles. The lowest BCUT2D eigenvalue weighted by molar-refractivity contribution is -0.0525. The number of hydrogen-bond donors (Lipinski definition) is 0. The Labute approximate surface area is 153 Å². The zero-order chi connectivity index (χ0) is 17.8. The third kappa shape index (κ3) is 3.76. The maximum absolute atomic E-state index is 12.5. The zero-order valence-corrected chi connectivity index (χ0v) is 14.8. The number of nitrogens with zero attached hydrogens (tertiary/aromatic N) is 4. The van der Waals surface area contributed by atoms with Crippen LogP contribution in [-0.2, 0) is 4.74 Å². The van der Waals surface area contributed by atoms with Crippen molar-refractivity contribution in [1.82, 2.24) is 19.8 Å². The van der Waals surface area contributed by atoms with Crippen molar-refractivity contribution in [1.29, 1.82) is 0 Å². The van der Waals surface area contributed by atoms with Gasteiger partial charge in [0.25, 0.3) is 5.91 Å². The lowest BCUT2D eigenvalue weighted by Crippen LogP contribution is -2.50. The quantitative estimate of drug-likeness (QED) is 0.847. The van der Waals surface area contributed by atoms with E-state index in [1.54, 1.807) is 18.6 Å². The minimum Gasteiger partial charge on any atom is -0.371 e. The van der Waals surface area contributed by atoms with Gasteiger partial charge in [-0.3, -0.25) is 14.7 Å². The van der Waals surface area contributed by atoms with E-state index in [0.29, 0.717) is 11.7 Å². The number of morpholine rings is 1. The second-order valence-corrected chi connectivity index (χ2v) is 6.88. The molecule has 1 atom stereocenters. The predicted octanol–water partition coefficient (Wildman–Crippen LogP) is 2.15. The number of carbonyl (C=O) groups excluding carboxylic acids is 1. The minimum atomic E-state index is -0.0133. The summed E-state index contributed by atoms with van der Waals surface area (Å²) in [5.74, 6) is -0.0133. The number of piperidine rings is 1. The first-order valence-electron chi connectivity index (χ1n) is 9.27. The molecule has 0 saturated carbocycles. The van der Waals surface area contributed by atoms with E-state index < -0.39 is 0 Å². The fraction of sp³-hybridized carbons (Fsp3) is 0.450. The van der Waals surface area contributed by atoms with Crippen LogP contribution in [0.3, 0.4) is 0 Å². The largest absolute Gasteiger partial charge is 0.371 e. The molecule has 26 heavy (non-hydrogen) atoms. The number of hydrogen-bond acceptors (Lipinski definition) is 5. The first-order chi connectivity index (χ1) is 12.8. The van der Waals surface area contributed by atoms with E-state index in [4.69, 9.17) is 4.74 Å². The van der Waals surface area contributed by atoms with E-state index in [0.717, 1.165) is 45.6 Å². The standard InChI is InChI=1S/C20H24N4O2/c25-20(18-14-21-8-9-22-18)23-10-6-17(7-11-23)24-12-13-26-19(15-24)16-4-2-1-3-5-16/h1-5,8-9,14,17,19H,6-7,10-13,15H2. The lowest BCUT2D eigenvalue weighted by Gasteiger charge is -2.42. The van der Waals surface area contributed by atoms with Gasteiger partial charge in [0, 0.05) is 44.6 Å². The number of amides is 1. The molecule has 2 aliphatic rings. The third-order valence-electron chi connectivity index (χ3n) is 5.32. The average Bonchev–Trinajstić information content (AvgIpc) is 2.75. The van der Waals surface area contributed by atoms with Crippen molar-refractivity contribution in [3.63, 3.8) is 0 Å². The fourth-order valence-electron chi connectivity index (χ4n) is 3.88. The van der Waals surface area contributed by atoms with Crippen LogP contribution < -0.4 is 0 Å². The normalized spacial score (nSPS) is 22.3. The number of aromatic nitrogens is 2. The summed E-state index contributed by atoms with van der Waals surface area (Å²) < 4.78 is 5.98. The Morgan fingerprint density at radius 3 is 2.62 bits per heavy atom. The number of carbonyl (C=O) groups is 1. The van der Waals surface area contributed by atoms with E-state index in [9.17, 15) is 4.79 Å². The Kier molecular flexibility index (Phi) is 5.22. The van der Waals surface area contributed by atoms with Crippen LogP contribution in [0, 0.1) is 0 Å². The summed E-state index contributed by atoms with van der Waals surface area (Å²) in [7, 11) is 0. The van der Waals surface area contributed by atoms with Crippen LogP contribution in [0.25, 0.3) is 0 Å². The van der Waals surface area contributed by atoms with Crippen molar-refractivity contribution < 1.29 is 9.53 Å². The molecule has 0 spiro atoms. The van der Waals surface area contributed by atoms with Crippen molar-refractivity contribution in [3.8, 4) is 0 Å². The Bertz CT molecular complexity index is 717. The van der Waals surface area contributed by atoms with Gasteiger partial charge in [0.05, 0.1) is 18.9 Å². The fourth-order valence-corrected chi connectivity index (χ4v) is 3.88. The summed E-state index contributed by atoms with van der Waals surface area (Å²) in [4.78, 5) is 25.1. The van der Waals surface area contributed by atoms with E-state index in [-0.39, 0.29) is 12.0 Å². The Hall–Kier alpha value is -2.31. The highest BCUT2D eigenvalue weighted by Crippen LogP contribution is 2.26. The van der Waals surface area contributed by atoms with Crippen molar-refractivity contribution in [2.75, 3.05) is 32.8 Å². The summed E-state index contributed by atoms with van der Waals surface area (Å²) in [5, 5.41) is 0. The molecule has 1 aromatic carbocycles. The van der Waals surface area contributed by atoms with Gasteiger partial charge in [-0.05, 0) is 18.4 Å². The molecule has 0 N–H and O–H groups in total.